The molecule has 23 heavy (non-hydrogen) atoms. The maximum absolute atomic E-state index is 11.7. The SMILES string of the molecule is C=C(C)C(=O)OCC(O)CNCCSCC(C)C(=O)NC(C)C. The van der Waals surface area contributed by atoms with Crippen LogP contribution < -0.4 is 10.6 Å². The van der Waals surface area contributed by atoms with Crippen LogP contribution in [0.2, 0.25) is 0 Å². The van der Waals surface area contributed by atoms with E-state index >= 15 is 0 Å². The first-order valence-electron chi connectivity index (χ1n) is 7.83. The first-order valence-corrected chi connectivity index (χ1v) is 8.99. The standard InChI is InChI=1S/C16H30N2O4S/c1-11(2)16(21)22-9-14(19)8-17-6-7-23-10-13(5)15(20)18-12(3)4/h12-14,17,19H,1,6-10H2,2-5H3,(H,18,20). The van der Waals surface area contributed by atoms with Crippen LogP contribution >= 0.6 is 11.8 Å². The van der Waals surface area contributed by atoms with E-state index in [1.54, 1.807) is 18.7 Å². The summed E-state index contributed by atoms with van der Waals surface area (Å²) in [6, 6.07) is 0.164. The largest absolute Gasteiger partial charge is 0.460 e. The Morgan fingerprint density at radius 2 is 1.96 bits per heavy atom. The van der Waals surface area contributed by atoms with Gasteiger partial charge in [0.15, 0.2) is 0 Å². The van der Waals surface area contributed by atoms with E-state index in [0.717, 1.165) is 11.5 Å². The molecule has 0 bridgehead atoms. The van der Waals surface area contributed by atoms with Gasteiger partial charge in [0.1, 0.15) is 12.7 Å². The van der Waals surface area contributed by atoms with Crippen LogP contribution in [0.4, 0.5) is 0 Å². The van der Waals surface area contributed by atoms with Crippen LogP contribution in [0.25, 0.3) is 0 Å². The maximum atomic E-state index is 11.7. The van der Waals surface area contributed by atoms with Crippen molar-refractivity contribution in [3.63, 3.8) is 0 Å². The van der Waals surface area contributed by atoms with E-state index in [-0.39, 0.29) is 24.5 Å². The molecule has 0 aromatic rings. The lowest BCUT2D eigenvalue weighted by molar-refractivity contribution is -0.141. The van der Waals surface area contributed by atoms with E-state index < -0.39 is 12.1 Å². The minimum absolute atomic E-state index is 0.0189. The highest BCUT2D eigenvalue weighted by molar-refractivity contribution is 7.99. The fourth-order valence-electron chi connectivity index (χ4n) is 1.53. The first kappa shape index (κ1) is 21.9. The Morgan fingerprint density at radius 1 is 1.30 bits per heavy atom. The quantitative estimate of drug-likeness (QED) is 0.277. The van der Waals surface area contributed by atoms with Gasteiger partial charge in [-0.25, -0.2) is 4.79 Å². The number of nitrogens with one attached hydrogen (secondary N) is 2. The zero-order chi connectivity index (χ0) is 17.8. The van der Waals surface area contributed by atoms with Gasteiger partial charge in [-0.05, 0) is 20.8 Å². The number of aliphatic hydroxyl groups is 1. The molecule has 0 rings (SSSR count). The number of hydrogen-bond acceptors (Lipinski definition) is 6. The van der Waals surface area contributed by atoms with Crippen LogP contribution in [-0.4, -0.2) is 60.3 Å². The molecule has 6 nitrogen and oxygen atoms in total. The summed E-state index contributed by atoms with van der Waals surface area (Å²) in [4.78, 5) is 22.9. The molecular weight excluding hydrogens is 316 g/mol. The molecule has 0 saturated heterocycles. The number of hydrogen-bond donors (Lipinski definition) is 3. The van der Waals surface area contributed by atoms with Crippen molar-refractivity contribution in [2.24, 2.45) is 5.92 Å². The second kappa shape index (κ2) is 12.4. The van der Waals surface area contributed by atoms with Gasteiger partial charge in [0, 0.05) is 42.1 Å². The third-order valence-electron chi connectivity index (χ3n) is 2.80. The van der Waals surface area contributed by atoms with Crippen molar-refractivity contribution in [3.05, 3.63) is 12.2 Å². The maximum Gasteiger partial charge on any atom is 0.333 e. The highest BCUT2D eigenvalue weighted by atomic mass is 32.2. The highest BCUT2D eigenvalue weighted by Gasteiger charge is 2.13. The van der Waals surface area contributed by atoms with Gasteiger partial charge in [0.2, 0.25) is 5.91 Å². The van der Waals surface area contributed by atoms with E-state index in [9.17, 15) is 14.7 Å². The molecule has 0 aromatic carbocycles. The number of amides is 1. The van der Waals surface area contributed by atoms with Gasteiger partial charge < -0.3 is 20.5 Å². The lowest BCUT2D eigenvalue weighted by Crippen LogP contribution is -2.35. The molecule has 0 aliphatic rings. The number of aliphatic hydroxyl groups excluding tert-OH is 1. The number of carbonyl (C=O) groups excluding carboxylic acids is 2. The van der Waals surface area contributed by atoms with Crippen LogP contribution in [0.15, 0.2) is 12.2 Å². The summed E-state index contributed by atoms with van der Waals surface area (Å²) in [6.45, 7) is 11.9. The summed E-state index contributed by atoms with van der Waals surface area (Å²) in [5.41, 5.74) is 0.317. The van der Waals surface area contributed by atoms with Crippen molar-refractivity contribution < 1.29 is 19.4 Å². The molecule has 0 saturated carbocycles. The Labute approximate surface area is 143 Å². The molecule has 2 unspecified atom stereocenters. The van der Waals surface area contributed by atoms with E-state index in [2.05, 4.69) is 17.2 Å². The molecule has 0 spiro atoms. The molecule has 0 radical (unpaired) electrons. The van der Waals surface area contributed by atoms with Gasteiger partial charge in [-0.2, -0.15) is 11.8 Å². The molecule has 0 aromatic heterocycles. The van der Waals surface area contributed by atoms with E-state index in [4.69, 9.17) is 4.74 Å². The Hall–Kier alpha value is -1.05. The zero-order valence-corrected chi connectivity index (χ0v) is 15.4. The molecule has 0 fully saturated rings. The molecule has 3 N–H and O–H groups in total. The predicted molar refractivity (Wildman–Crippen MR) is 94.4 cm³/mol. The summed E-state index contributed by atoms with van der Waals surface area (Å²) in [7, 11) is 0. The van der Waals surface area contributed by atoms with Gasteiger partial charge >= 0.3 is 5.97 Å². The Balaban J connectivity index is 3.60. The average Bonchev–Trinajstić information content (AvgIpc) is 2.46. The summed E-state index contributed by atoms with van der Waals surface area (Å²) in [5.74, 6) is 1.18. The van der Waals surface area contributed by atoms with E-state index in [1.165, 1.54) is 0 Å². The van der Waals surface area contributed by atoms with Gasteiger partial charge in [0.05, 0.1) is 0 Å². The van der Waals surface area contributed by atoms with Gasteiger partial charge in [-0.15, -0.1) is 0 Å². The highest BCUT2D eigenvalue weighted by Crippen LogP contribution is 2.08. The molecule has 134 valence electrons. The molecular formula is C16H30N2O4S. The number of thioether (sulfide) groups is 1. The van der Waals surface area contributed by atoms with Crippen molar-refractivity contribution in [2.45, 2.75) is 39.8 Å². The lowest BCUT2D eigenvalue weighted by atomic mass is 10.2. The molecule has 1 amide bonds. The Kier molecular flexibility index (Phi) is 11.8. The number of esters is 1. The molecule has 2 atom stereocenters. The molecule has 0 aliphatic heterocycles. The van der Waals surface area contributed by atoms with Crippen LogP contribution in [0.1, 0.15) is 27.7 Å². The van der Waals surface area contributed by atoms with Crippen LogP contribution in [-0.2, 0) is 14.3 Å². The number of carbonyl (C=O) groups is 2. The van der Waals surface area contributed by atoms with E-state index in [0.29, 0.717) is 18.7 Å². The Morgan fingerprint density at radius 3 is 2.52 bits per heavy atom. The van der Waals surface area contributed by atoms with Gasteiger partial charge in [0.25, 0.3) is 0 Å². The first-order chi connectivity index (χ1) is 10.7. The minimum Gasteiger partial charge on any atom is -0.460 e. The van der Waals surface area contributed by atoms with Crippen molar-refractivity contribution >= 4 is 23.6 Å². The van der Waals surface area contributed by atoms with Crippen molar-refractivity contribution in [1.29, 1.82) is 0 Å². The summed E-state index contributed by atoms with van der Waals surface area (Å²) < 4.78 is 4.85. The van der Waals surface area contributed by atoms with Gasteiger partial charge in [-0.3, -0.25) is 4.79 Å². The van der Waals surface area contributed by atoms with E-state index in [1.807, 2.05) is 20.8 Å². The topological polar surface area (TPSA) is 87.7 Å². The Bertz CT molecular complexity index is 388. The lowest BCUT2D eigenvalue weighted by Gasteiger charge is -2.15. The zero-order valence-electron chi connectivity index (χ0n) is 14.6. The number of ether oxygens (including phenoxy) is 1. The van der Waals surface area contributed by atoms with Crippen molar-refractivity contribution in [2.75, 3.05) is 31.2 Å². The summed E-state index contributed by atoms with van der Waals surface area (Å²) >= 11 is 1.69. The predicted octanol–water partition coefficient (Wildman–Crippen LogP) is 0.950. The van der Waals surface area contributed by atoms with Crippen molar-refractivity contribution in [1.82, 2.24) is 10.6 Å². The number of rotatable bonds is 12. The average molecular weight is 346 g/mol. The third kappa shape index (κ3) is 12.1. The van der Waals surface area contributed by atoms with Gasteiger partial charge in [-0.1, -0.05) is 13.5 Å². The smallest absolute Gasteiger partial charge is 0.333 e. The van der Waals surface area contributed by atoms with Crippen molar-refractivity contribution in [3.8, 4) is 0 Å². The van der Waals surface area contributed by atoms with Crippen LogP contribution in [0, 0.1) is 5.92 Å². The fraction of sp³-hybridized carbons (Fsp3) is 0.750. The summed E-state index contributed by atoms with van der Waals surface area (Å²) in [6.07, 6.45) is -0.737. The third-order valence-corrected chi connectivity index (χ3v) is 4.03. The fourth-order valence-corrected chi connectivity index (χ4v) is 2.49. The summed E-state index contributed by atoms with van der Waals surface area (Å²) in [5, 5.41) is 15.6. The molecule has 7 heteroatoms. The second-order valence-electron chi connectivity index (χ2n) is 5.88. The van der Waals surface area contributed by atoms with Crippen LogP contribution in [0.3, 0.4) is 0 Å². The molecule has 0 heterocycles. The second-order valence-corrected chi connectivity index (χ2v) is 7.03. The monoisotopic (exact) mass is 346 g/mol. The molecule has 0 aliphatic carbocycles. The minimum atomic E-state index is -0.737. The normalized spacial score (nSPS) is 13.5. The van der Waals surface area contributed by atoms with Crippen LogP contribution in [0.5, 0.6) is 0 Å².